The normalized spacial score (nSPS) is 12.1. The first-order valence-corrected chi connectivity index (χ1v) is 9.67. The molecule has 1 rings (SSSR count). The van der Waals surface area contributed by atoms with E-state index in [0.29, 0.717) is 5.92 Å². The standard InChI is InChI=1S/C12H18FN.C12H17N/c1-3-5-10(6-4-2)11-7-8-12(13)14-9-11;1-6-8-10(3)11(4)12(5)13-9-7-2/h7-10H,3-6H2,1-2H3;6-9H,2,5H2,1,3-4H3/b;8-6-,11-10-,13-9?. The van der Waals surface area contributed by atoms with Gasteiger partial charge in [-0.2, -0.15) is 4.39 Å². The topological polar surface area (TPSA) is 25.2 Å². The summed E-state index contributed by atoms with van der Waals surface area (Å²) in [7, 11) is 0. The van der Waals surface area contributed by atoms with Crippen LogP contribution in [0.25, 0.3) is 0 Å². The quantitative estimate of drug-likeness (QED) is 0.250. The Balaban J connectivity index is 0.000000503. The molecular weight excluding hydrogens is 335 g/mol. The van der Waals surface area contributed by atoms with Gasteiger partial charge in [0.05, 0.1) is 5.70 Å². The van der Waals surface area contributed by atoms with Gasteiger partial charge in [-0.1, -0.05) is 64.1 Å². The summed E-state index contributed by atoms with van der Waals surface area (Å²) in [4.78, 5) is 7.81. The third kappa shape index (κ3) is 10.4. The Hall–Kier alpha value is -2.29. The maximum Gasteiger partial charge on any atom is 0.212 e. The molecule has 0 amide bonds. The van der Waals surface area contributed by atoms with Crippen molar-refractivity contribution >= 4 is 6.21 Å². The van der Waals surface area contributed by atoms with Crippen molar-refractivity contribution in [2.75, 3.05) is 0 Å². The maximum atomic E-state index is 12.6. The van der Waals surface area contributed by atoms with Crippen LogP contribution in [0.4, 0.5) is 4.39 Å². The van der Waals surface area contributed by atoms with Crippen LogP contribution >= 0.6 is 0 Å². The smallest absolute Gasteiger partial charge is 0.212 e. The molecule has 0 aromatic carbocycles. The molecule has 0 aliphatic carbocycles. The number of aromatic nitrogens is 1. The Labute approximate surface area is 165 Å². The van der Waals surface area contributed by atoms with Crippen LogP contribution in [0.1, 0.15) is 71.8 Å². The highest BCUT2D eigenvalue weighted by molar-refractivity contribution is 5.71. The molecule has 1 aromatic rings. The second-order valence-electron chi connectivity index (χ2n) is 6.46. The van der Waals surface area contributed by atoms with E-state index in [0.717, 1.165) is 11.3 Å². The third-order valence-corrected chi connectivity index (χ3v) is 4.27. The zero-order chi connectivity index (χ0) is 20.7. The van der Waals surface area contributed by atoms with E-state index in [1.807, 2.05) is 39.0 Å². The molecule has 0 N–H and O–H groups in total. The molecule has 0 radical (unpaired) electrons. The molecule has 0 atom stereocenters. The second-order valence-corrected chi connectivity index (χ2v) is 6.46. The van der Waals surface area contributed by atoms with Crippen LogP contribution in [0.3, 0.4) is 0 Å². The number of allylic oxidation sites excluding steroid dienone is 5. The molecule has 2 nitrogen and oxygen atoms in total. The molecule has 0 fully saturated rings. The Morgan fingerprint density at radius 2 is 1.85 bits per heavy atom. The summed E-state index contributed by atoms with van der Waals surface area (Å²) < 4.78 is 12.6. The molecular formula is C24H35FN2. The number of rotatable bonds is 9. The van der Waals surface area contributed by atoms with Crippen LogP contribution in [0.15, 0.2) is 71.6 Å². The molecule has 0 spiro atoms. The minimum absolute atomic E-state index is 0.388. The Morgan fingerprint density at radius 3 is 2.30 bits per heavy atom. The van der Waals surface area contributed by atoms with Crippen molar-refractivity contribution in [1.82, 2.24) is 4.98 Å². The summed E-state index contributed by atoms with van der Waals surface area (Å²) in [6.07, 6.45) is 13.7. The van der Waals surface area contributed by atoms with Crippen molar-refractivity contribution in [1.29, 1.82) is 0 Å². The summed E-state index contributed by atoms with van der Waals surface area (Å²) in [5, 5.41) is 0. The van der Waals surface area contributed by atoms with Crippen molar-refractivity contribution in [3.8, 4) is 0 Å². The van der Waals surface area contributed by atoms with Gasteiger partial charge in [-0.25, -0.2) is 4.98 Å². The van der Waals surface area contributed by atoms with E-state index in [1.54, 1.807) is 18.5 Å². The van der Waals surface area contributed by atoms with Crippen LogP contribution in [-0.2, 0) is 0 Å². The summed E-state index contributed by atoms with van der Waals surface area (Å²) in [6.45, 7) is 17.8. The average Bonchev–Trinajstić information content (AvgIpc) is 2.66. The van der Waals surface area contributed by atoms with E-state index in [9.17, 15) is 4.39 Å². The lowest BCUT2D eigenvalue weighted by molar-refractivity contribution is 0.547. The van der Waals surface area contributed by atoms with Crippen molar-refractivity contribution in [3.05, 3.63) is 78.1 Å². The maximum absolute atomic E-state index is 12.6. The van der Waals surface area contributed by atoms with Crippen LogP contribution in [0.2, 0.25) is 0 Å². The number of hydrogen-bond donors (Lipinski definition) is 0. The minimum atomic E-state index is -0.388. The second kappa shape index (κ2) is 14.8. The fourth-order valence-electron chi connectivity index (χ4n) is 2.65. The molecule has 3 heteroatoms. The van der Waals surface area contributed by atoms with Crippen LogP contribution < -0.4 is 0 Å². The van der Waals surface area contributed by atoms with Gasteiger partial charge in [0.2, 0.25) is 5.95 Å². The van der Waals surface area contributed by atoms with Gasteiger partial charge in [-0.15, -0.1) is 0 Å². The highest BCUT2D eigenvalue weighted by Gasteiger charge is 2.09. The zero-order valence-electron chi connectivity index (χ0n) is 17.6. The number of hydrogen-bond acceptors (Lipinski definition) is 2. The Kier molecular flexibility index (Phi) is 13.6. The molecule has 0 saturated carbocycles. The number of halogens is 1. The van der Waals surface area contributed by atoms with E-state index in [1.165, 1.54) is 42.9 Å². The summed E-state index contributed by atoms with van der Waals surface area (Å²) in [6, 6.07) is 3.31. The monoisotopic (exact) mass is 370 g/mol. The fraction of sp³-hybridized carbons (Fsp3) is 0.417. The van der Waals surface area contributed by atoms with Gasteiger partial charge in [-0.05, 0) is 62.3 Å². The van der Waals surface area contributed by atoms with Crippen LogP contribution in [0, 0.1) is 5.95 Å². The Morgan fingerprint density at radius 1 is 1.22 bits per heavy atom. The van der Waals surface area contributed by atoms with Crippen molar-refractivity contribution in [3.63, 3.8) is 0 Å². The summed E-state index contributed by atoms with van der Waals surface area (Å²) in [5.74, 6) is 0.165. The minimum Gasteiger partial charge on any atom is -0.257 e. The van der Waals surface area contributed by atoms with Crippen molar-refractivity contribution in [2.45, 2.75) is 66.2 Å². The molecule has 1 heterocycles. The van der Waals surface area contributed by atoms with Crippen molar-refractivity contribution < 1.29 is 4.39 Å². The molecule has 1 aromatic heterocycles. The average molecular weight is 371 g/mol. The molecule has 0 aliphatic heterocycles. The number of pyridine rings is 1. The van der Waals surface area contributed by atoms with E-state index in [-0.39, 0.29) is 5.95 Å². The van der Waals surface area contributed by atoms with Gasteiger partial charge in [0.25, 0.3) is 0 Å². The molecule has 0 aliphatic rings. The first-order chi connectivity index (χ1) is 12.9. The molecule has 0 unspecified atom stereocenters. The van der Waals surface area contributed by atoms with Crippen LogP contribution in [-0.4, -0.2) is 11.2 Å². The van der Waals surface area contributed by atoms with Crippen LogP contribution in [0.5, 0.6) is 0 Å². The van der Waals surface area contributed by atoms with E-state index >= 15 is 0 Å². The highest BCUT2D eigenvalue weighted by atomic mass is 19.1. The van der Waals surface area contributed by atoms with E-state index < -0.39 is 0 Å². The lowest BCUT2D eigenvalue weighted by Crippen LogP contribution is -1.99. The van der Waals surface area contributed by atoms with Gasteiger partial charge in [-0.3, -0.25) is 4.99 Å². The van der Waals surface area contributed by atoms with Gasteiger partial charge in [0.1, 0.15) is 0 Å². The lowest BCUT2D eigenvalue weighted by Gasteiger charge is -2.14. The number of nitrogens with zero attached hydrogens (tertiary/aromatic N) is 2. The third-order valence-electron chi connectivity index (χ3n) is 4.27. The van der Waals surface area contributed by atoms with E-state index in [4.69, 9.17) is 0 Å². The number of aliphatic imine (C=N–C) groups is 1. The predicted molar refractivity (Wildman–Crippen MR) is 118 cm³/mol. The van der Waals surface area contributed by atoms with Crippen molar-refractivity contribution in [2.24, 2.45) is 4.99 Å². The first kappa shape index (κ1) is 24.7. The van der Waals surface area contributed by atoms with Gasteiger partial charge in [0, 0.05) is 12.4 Å². The molecule has 0 bridgehead atoms. The van der Waals surface area contributed by atoms with Gasteiger partial charge < -0.3 is 0 Å². The fourth-order valence-corrected chi connectivity index (χ4v) is 2.65. The molecule has 0 saturated heterocycles. The van der Waals surface area contributed by atoms with Gasteiger partial charge in [0.15, 0.2) is 0 Å². The lowest BCUT2D eigenvalue weighted by atomic mass is 9.92. The zero-order valence-corrected chi connectivity index (χ0v) is 17.6. The highest BCUT2D eigenvalue weighted by Crippen LogP contribution is 2.25. The molecule has 148 valence electrons. The Bertz CT molecular complexity index is 645. The predicted octanol–water partition coefficient (Wildman–Crippen LogP) is 7.57. The molecule has 27 heavy (non-hydrogen) atoms. The van der Waals surface area contributed by atoms with E-state index in [2.05, 4.69) is 37.0 Å². The SMILES string of the molecule is C=CC=NC(=C)/C(C)=C(C)\C=C/C.CCCC(CCC)c1ccc(F)nc1. The largest absolute Gasteiger partial charge is 0.257 e. The first-order valence-electron chi connectivity index (χ1n) is 9.67. The summed E-state index contributed by atoms with van der Waals surface area (Å²) in [5.41, 5.74) is 4.26. The summed E-state index contributed by atoms with van der Waals surface area (Å²) >= 11 is 0. The van der Waals surface area contributed by atoms with Gasteiger partial charge >= 0.3 is 0 Å².